The van der Waals surface area contributed by atoms with E-state index in [2.05, 4.69) is 11.7 Å². The van der Waals surface area contributed by atoms with Crippen LogP contribution in [-0.2, 0) is 4.57 Å². The third-order valence-electron chi connectivity index (χ3n) is 1.43. The lowest BCUT2D eigenvalue weighted by Crippen LogP contribution is -1.84. The fourth-order valence-electron chi connectivity index (χ4n) is 1.04. The zero-order chi connectivity index (χ0) is 9.78. The second kappa shape index (κ2) is 4.42. The van der Waals surface area contributed by atoms with Crippen molar-refractivity contribution in [2.45, 2.75) is 13.8 Å². The van der Waals surface area contributed by atoms with Crippen LogP contribution in [0.4, 0.5) is 0 Å². The minimum Gasteiger partial charge on any atom is -0.318 e. The minimum absolute atomic E-state index is 0.626. The van der Waals surface area contributed by atoms with Crippen LogP contribution in [0.1, 0.15) is 13.8 Å². The first-order chi connectivity index (χ1) is 5.43. The zero-order valence-electron chi connectivity index (χ0n) is 8.16. The van der Waals surface area contributed by atoms with Gasteiger partial charge >= 0.3 is 0 Å². The van der Waals surface area contributed by atoms with E-state index in [0.717, 1.165) is 5.57 Å². The molecule has 0 heterocycles. The van der Waals surface area contributed by atoms with Crippen molar-refractivity contribution in [3.8, 4) is 0 Å². The lowest BCUT2D eigenvalue weighted by Gasteiger charge is -2.08. The van der Waals surface area contributed by atoms with Crippen LogP contribution < -0.4 is 0 Å². The lowest BCUT2D eigenvalue weighted by atomic mass is 10.3. The Morgan fingerprint density at radius 2 is 2.00 bits per heavy atom. The fraction of sp³-hybridized carbons (Fsp3) is 0.444. The normalized spacial score (nSPS) is 14.7. The van der Waals surface area contributed by atoms with Crippen molar-refractivity contribution in [2.24, 2.45) is 4.99 Å². The van der Waals surface area contributed by atoms with Crippen LogP contribution in [0.15, 0.2) is 28.2 Å². The Labute approximate surface area is 74.5 Å². The largest absolute Gasteiger partial charge is 0.318 e. The Hall–Kier alpha value is -0.620. The molecule has 0 aromatic carbocycles. The molecule has 0 atom stereocenters. The van der Waals surface area contributed by atoms with Crippen molar-refractivity contribution in [1.82, 2.24) is 0 Å². The Morgan fingerprint density at radius 1 is 1.50 bits per heavy atom. The van der Waals surface area contributed by atoms with Crippen molar-refractivity contribution in [3.05, 3.63) is 23.2 Å². The van der Waals surface area contributed by atoms with Gasteiger partial charge < -0.3 is 4.57 Å². The number of rotatable bonds is 3. The topological polar surface area (TPSA) is 29.4 Å². The van der Waals surface area contributed by atoms with Crippen molar-refractivity contribution in [2.75, 3.05) is 13.3 Å². The van der Waals surface area contributed by atoms with Crippen LogP contribution in [-0.4, -0.2) is 20.0 Å². The second-order valence-corrected chi connectivity index (χ2v) is 6.14. The van der Waals surface area contributed by atoms with Gasteiger partial charge in [0.05, 0.1) is 0 Å². The first kappa shape index (κ1) is 11.4. The molecule has 0 radical (unpaired) electrons. The minimum atomic E-state index is -2.26. The first-order valence-electron chi connectivity index (χ1n) is 3.79. The van der Waals surface area contributed by atoms with Gasteiger partial charge in [0.15, 0.2) is 0 Å². The van der Waals surface area contributed by atoms with Crippen LogP contribution in [0.5, 0.6) is 0 Å². The van der Waals surface area contributed by atoms with Crippen molar-refractivity contribution in [3.63, 3.8) is 0 Å². The van der Waals surface area contributed by atoms with Crippen LogP contribution in [0.2, 0.25) is 0 Å². The van der Waals surface area contributed by atoms with Crippen molar-refractivity contribution in [1.29, 1.82) is 0 Å². The van der Waals surface area contributed by atoms with Gasteiger partial charge in [-0.1, -0.05) is 12.2 Å². The number of hydrogen-bond acceptors (Lipinski definition) is 2. The highest BCUT2D eigenvalue weighted by atomic mass is 31.2. The molecule has 0 aromatic rings. The maximum Gasteiger partial charge on any atom is 0.127 e. The molecule has 0 amide bonds. The average molecular weight is 185 g/mol. The van der Waals surface area contributed by atoms with Gasteiger partial charge in [-0.3, -0.25) is 4.99 Å². The highest BCUT2D eigenvalue weighted by Gasteiger charge is 2.14. The van der Waals surface area contributed by atoms with Gasteiger partial charge in [0.2, 0.25) is 0 Å². The fourth-order valence-corrected chi connectivity index (χ4v) is 2.31. The molecule has 2 nitrogen and oxygen atoms in total. The molecule has 12 heavy (non-hydrogen) atoms. The summed E-state index contributed by atoms with van der Waals surface area (Å²) >= 11 is 0. The van der Waals surface area contributed by atoms with Crippen LogP contribution in [0, 0.1) is 0 Å². The van der Waals surface area contributed by atoms with E-state index in [4.69, 9.17) is 0 Å². The third-order valence-corrected chi connectivity index (χ3v) is 2.94. The maximum atomic E-state index is 11.6. The van der Waals surface area contributed by atoms with E-state index in [1.807, 2.05) is 26.0 Å². The smallest absolute Gasteiger partial charge is 0.127 e. The number of aliphatic imine (C=N–C) groups is 1. The quantitative estimate of drug-likeness (QED) is 0.377. The standard InChI is InChI=1S/C9H16NOP/c1-6-7-8(2)9(10-3)12(4,5)11/h6-7H,3H2,1-2,4-5H3/b7-6-,9-8+. The van der Waals surface area contributed by atoms with Crippen molar-refractivity contribution < 1.29 is 4.57 Å². The van der Waals surface area contributed by atoms with Crippen molar-refractivity contribution >= 4 is 13.9 Å². The summed E-state index contributed by atoms with van der Waals surface area (Å²) in [4.78, 5) is 3.79. The second-order valence-electron chi connectivity index (χ2n) is 3.02. The van der Waals surface area contributed by atoms with E-state index in [0.29, 0.717) is 5.44 Å². The summed E-state index contributed by atoms with van der Waals surface area (Å²) in [6.07, 6.45) is 3.79. The van der Waals surface area contributed by atoms with E-state index in [1.54, 1.807) is 13.3 Å². The van der Waals surface area contributed by atoms with Crippen LogP contribution in [0.25, 0.3) is 0 Å². The molecule has 0 unspecified atom stereocenters. The Morgan fingerprint density at radius 3 is 2.25 bits per heavy atom. The summed E-state index contributed by atoms with van der Waals surface area (Å²) in [5.74, 6) is 0. The van der Waals surface area contributed by atoms with E-state index >= 15 is 0 Å². The van der Waals surface area contributed by atoms with E-state index in [-0.39, 0.29) is 0 Å². The molecule has 0 aliphatic heterocycles. The molecule has 0 fully saturated rings. The number of hydrogen-bond donors (Lipinski definition) is 0. The highest BCUT2D eigenvalue weighted by molar-refractivity contribution is 7.66. The predicted octanol–water partition coefficient (Wildman–Crippen LogP) is 3.12. The molecule has 0 saturated heterocycles. The number of nitrogens with zero attached hydrogens (tertiary/aromatic N) is 1. The highest BCUT2D eigenvalue weighted by Crippen LogP contribution is 2.48. The molecule has 0 N–H and O–H groups in total. The molecule has 0 rings (SSSR count). The SMILES string of the molecule is C=N/C(=C(C)\C=C/C)P(C)(C)=O. The van der Waals surface area contributed by atoms with E-state index in [9.17, 15) is 4.57 Å². The van der Waals surface area contributed by atoms with E-state index < -0.39 is 7.14 Å². The van der Waals surface area contributed by atoms with Gasteiger partial charge in [0, 0.05) is 0 Å². The third kappa shape index (κ3) is 3.19. The van der Waals surface area contributed by atoms with Gasteiger partial charge in [-0.15, -0.1) is 0 Å². The maximum absolute atomic E-state index is 11.6. The van der Waals surface area contributed by atoms with Gasteiger partial charge in [-0.05, 0) is 39.5 Å². The molecule has 0 bridgehead atoms. The average Bonchev–Trinajstić information content (AvgIpc) is 1.85. The number of allylic oxidation sites excluding steroid dienone is 3. The Kier molecular flexibility index (Phi) is 4.19. The molecule has 3 heteroatoms. The summed E-state index contributed by atoms with van der Waals surface area (Å²) in [7, 11) is -2.26. The monoisotopic (exact) mass is 185 g/mol. The van der Waals surface area contributed by atoms with Gasteiger partial charge in [-0.2, -0.15) is 0 Å². The van der Waals surface area contributed by atoms with Gasteiger partial charge in [0.25, 0.3) is 0 Å². The molecule has 0 aliphatic rings. The van der Waals surface area contributed by atoms with Gasteiger partial charge in [0.1, 0.15) is 12.6 Å². The molecule has 68 valence electrons. The molecular weight excluding hydrogens is 169 g/mol. The molecular formula is C9H16NOP. The first-order valence-corrected chi connectivity index (χ1v) is 6.39. The zero-order valence-corrected chi connectivity index (χ0v) is 9.06. The predicted molar refractivity (Wildman–Crippen MR) is 56.5 cm³/mol. The summed E-state index contributed by atoms with van der Waals surface area (Å²) in [5.41, 5.74) is 1.56. The summed E-state index contributed by atoms with van der Waals surface area (Å²) in [6.45, 7) is 10.6. The van der Waals surface area contributed by atoms with E-state index in [1.165, 1.54) is 0 Å². The summed E-state index contributed by atoms with van der Waals surface area (Å²) in [5, 5.41) is 0. The lowest BCUT2D eigenvalue weighted by molar-refractivity contribution is 0.586. The Balaban J connectivity index is 5.14. The Bertz CT molecular complexity index is 270. The summed E-state index contributed by atoms with van der Waals surface area (Å²) in [6, 6.07) is 0. The van der Waals surface area contributed by atoms with Crippen LogP contribution in [0.3, 0.4) is 0 Å². The van der Waals surface area contributed by atoms with Gasteiger partial charge in [-0.25, -0.2) is 0 Å². The molecule has 0 aliphatic carbocycles. The summed E-state index contributed by atoms with van der Waals surface area (Å²) < 4.78 is 11.6. The molecule has 0 aromatic heterocycles. The van der Waals surface area contributed by atoms with Crippen LogP contribution >= 0.6 is 7.14 Å². The molecule has 0 spiro atoms. The molecule has 0 saturated carbocycles.